The summed E-state index contributed by atoms with van der Waals surface area (Å²) in [6.45, 7) is 0.349. The summed E-state index contributed by atoms with van der Waals surface area (Å²) in [5, 5.41) is 0. The molecule has 1 aromatic heterocycles. The van der Waals surface area contributed by atoms with Crippen molar-refractivity contribution < 1.29 is 18.0 Å². The van der Waals surface area contributed by atoms with Crippen molar-refractivity contribution in [3.05, 3.63) is 18.2 Å². The number of nitrogens with zero attached hydrogens (tertiary/aromatic N) is 4. The van der Waals surface area contributed by atoms with Gasteiger partial charge in [-0.1, -0.05) is 0 Å². The minimum Gasteiger partial charge on any atom is -0.343 e. The minimum atomic E-state index is -4.28. The molecule has 1 fully saturated rings. The maximum absolute atomic E-state index is 12.5. The van der Waals surface area contributed by atoms with E-state index in [9.17, 15) is 18.0 Å². The summed E-state index contributed by atoms with van der Waals surface area (Å²) < 4.78 is 38.4. The zero-order chi connectivity index (χ0) is 17.0. The van der Waals surface area contributed by atoms with Crippen LogP contribution in [0.5, 0.6) is 0 Å². The number of carbonyl (C=O) groups is 1. The first kappa shape index (κ1) is 17.8. The van der Waals surface area contributed by atoms with Crippen LogP contribution in [0.25, 0.3) is 0 Å². The largest absolute Gasteiger partial charge is 0.406 e. The van der Waals surface area contributed by atoms with Crippen LogP contribution in [0, 0.1) is 0 Å². The van der Waals surface area contributed by atoms with Crippen LogP contribution in [-0.2, 0) is 17.8 Å². The summed E-state index contributed by atoms with van der Waals surface area (Å²) >= 11 is 0. The van der Waals surface area contributed by atoms with Crippen LogP contribution in [0.2, 0.25) is 0 Å². The Balaban J connectivity index is 1.83. The highest BCUT2D eigenvalue weighted by Gasteiger charge is 2.29. The lowest BCUT2D eigenvalue weighted by Crippen LogP contribution is -2.44. The van der Waals surface area contributed by atoms with E-state index in [-0.39, 0.29) is 18.7 Å². The van der Waals surface area contributed by atoms with Gasteiger partial charge in [0.1, 0.15) is 12.4 Å². The quantitative estimate of drug-likeness (QED) is 0.827. The zero-order valence-electron chi connectivity index (χ0n) is 13.5. The first-order valence-corrected chi connectivity index (χ1v) is 7.77. The van der Waals surface area contributed by atoms with Crippen LogP contribution >= 0.6 is 0 Å². The van der Waals surface area contributed by atoms with Gasteiger partial charge in [-0.15, -0.1) is 0 Å². The normalized spacial score (nSPS) is 17.0. The molecule has 5 nitrogen and oxygen atoms in total. The number of hydrogen-bond acceptors (Lipinski definition) is 3. The Morgan fingerprint density at radius 2 is 2.00 bits per heavy atom. The van der Waals surface area contributed by atoms with E-state index in [1.54, 1.807) is 4.90 Å². The lowest BCUT2D eigenvalue weighted by atomic mass is 10.0. The van der Waals surface area contributed by atoms with Crippen LogP contribution < -0.4 is 0 Å². The number of aromatic nitrogens is 2. The third kappa shape index (κ3) is 5.23. The summed E-state index contributed by atoms with van der Waals surface area (Å²) in [4.78, 5) is 20.1. The SMILES string of the molecule is CN(C)C1CCN(C(=O)CCc2nccn2CC(F)(F)F)CC1. The van der Waals surface area contributed by atoms with Crippen LogP contribution in [0.4, 0.5) is 13.2 Å². The second kappa shape index (κ2) is 7.33. The molecule has 1 amide bonds. The number of likely N-dealkylation sites (tertiary alicyclic amines) is 1. The predicted molar refractivity (Wildman–Crippen MR) is 79.9 cm³/mol. The smallest absolute Gasteiger partial charge is 0.343 e. The van der Waals surface area contributed by atoms with E-state index in [1.807, 2.05) is 14.1 Å². The second-order valence-electron chi connectivity index (χ2n) is 6.16. The van der Waals surface area contributed by atoms with E-state index in [0.29, 0.717) is 25.0 Å². The Morgan fingerprint density at radius 3 is 2.57 bits per heavy atom. The number of hydrogen-bond donors (Lipinski definition) is 0. The van der Waals surface area contributed by atoms with Gasteiger partial charge in [0, 0.05) is 44.4 Å². The van der Waals surface area contributed by atoms with Crippen LogP contribution in [0.1, 0.15) is 25.1 Å². The lowest BCUT2D eigenvalue weighted by Gasteiger charge is -2.35. The highest BCUT2D eigenvalue weighted by Crippen LogP contribution is 2.19. The molecule has 23 heavy (non-hydrogen) atoms. The third-order valence-electron chi connectivity index (χ3n) is 4.26. The monoisotopic (exact) mass is 332 g/mol. The molecule has 2 rings (SSSR count). The second-order valence-corrected chi connectivity index (χ2v) is 6.16. The lowest BCUT2D eigenvalue weighted by molar-refractivity contribution is -0.141. The van der Waals surface area contributed by atoms with Crippen molar-refractivity contribution in [1.29, 1.82) is 0 Å². The summed E-state index contributed by atoms with van der Waals surface area (Å²) in [6, 6.07) is 0.490. The molecule has 0 aliphatic carbocycles. The van der Waals surface area contributed by atoms with Crippen molar-refractivity contribution >= 4 is 5.91 Å². The van der Waals surface area contributed by atoms with Crippen LogP contribution in [0.15, 0.2) is 12.4 Å². The highest BCUT2D eigenvalue weighted by atomic mass is 19.4. The third-order valence-corrected chi connectivity index (χ3v) is 4.26. The molecule has 0 N–H and O–H groups in total. The Labute approximate surface area is 134 Å². The van der Waals surface area contributed by atoms with Gasteiger partial charge in [-0.25, -0.2) is 4.98 Å². The fourth-order valence-corrected chi connectivity index (χ4v) is 2.91. The molecular weight excluding hydrogens is 309 g/mol. The molecule has 0 atom stereocenters. The summed E-state index contributed by atoms with van der Waals surface area (Å²) in [6.07, 6.45) is 0.650. The van der Waals surface area contributed by atoms with Gasteiger partial charge in [-0.2, -0.15) is 13.2 Å². The molecule has 0 bridgehead atoms. The van der Waals surface area contributed by atoms with Crippen LogP contribution in [-0.4, -0.2) is 64.7 Å². The van der Waals surface area contributed by atoms with Gasteiger partial charge in [-0.3, -0.25) is 4.79 Å². The molecule has 2 heterocycles. The zero-order valence-corrected chi connectivity index (χ0v) is 13.5. The Bertz CT molecular complexity index is 519. The van der Waals surface area contributed by atoms with Crippen molar-refractivity contribution in [3.63, 3.8) is 0 Å². The van der Waals surface area contributed by atoms with E-state index in [1.165, 1.54) is 12.4 Å². The fourth-order valence-electron chi connectivity index (χ4n) is 2.91. The number of halogens is 3. The van der Waals surface area contributed by atoms with Gasteiger partial charge in [0.25, 0.3) is 0 Å². The molecule has 0 saturated carbocycles. The molecule has 0 spiro atoms. The van der Waals surface area contributed by atoms with E-state index < -0.39 is 12.7 Å². The van der Waals surface area contributed by atoms with Gasteiger partial charge >= 0.3 is 6.18 Å². The first-order chi connectivity index (χ1) is 10.8. The van der Waals surface area contributed by atoms with Gasteiger partial charge in [-0.05, 0) is 26.9 Å². The average Bonchev–Trinajstić information content (AvgIpc) is 2.90. The molecule has 0 radical (unpaired) electrons. The molecule has 130 valence electrons. The molecule has 1 aliphatic heterocycles. The number of amides is 1. The van der Waals surface area contributed by atoms with Gasteiger partial charge in [0.05, 0.1) is 0 Å². The summed E-state index contributed by atoms with van der Waals surface area (Å²) in [7, 11) is 4.06. The van der Waals surface area contributed by atoms with Gasteiger partial charge < -0.3 is 14.4 Å². The molecule has 1 aromatic rings. The Kier molecular flexibility index (Phi) is 5.67. The number of imidazole rings is 1. The van der Waals surface area contributed by atoms with E-state index in [0.717, 1.165) is 17.4 Å². The standard InChI is InChI=1S/C15H23F3N4O/c1-20(2)12-5-8-21(9-6-12)14(23)4-3-13-19-7-10-22(13)11-15(16,17)18/h7,10,12H,3-6,8-9,11H2,1-2H3. The van der Waals surface area contributed by atoms with Crippen molar-refractivity contribution in [2.45, 2.75) is 44.4 Å². The van der Waals surface area contributed by atoms with E-state index in [4.69, 9.17) is 0 Å². The van der Waals surface area contributed by atoms with Gasteiger partial charge in [0.15, 0.2) is 0 Å². The Morgan fingerprint density at radius 1 is 1.35 bits per heavy atom. The number of aryl methyl sites for hydroxylation is 1. The average molecular weight is 332 g/mol. The van der Waals surface area contributed by atoms with Crippen molar-refractivity contribution in [3.8, 4) is 0 Å². The molecule has 8 heteroatoms. The molecule has 1 saturated heterocycles. The molecule has 0 unspecified atom stereocenters. The Hall–Kier alpha value is -1.57. The molecule has 0 aromatic carbocycles. The van der Waals surface area contributed by atoms with Gasteiger partial charge in [0.2, 0.25) is 5.91 Å². The fraction of sp³-hybridized carbons (Fsp3) is 0.733. The molecular formula is C15H23F3N4O. The van der Waals surface area contributed by atoms with Crippen molar-refractivity contribution in [1.82, 2.24) is 19.4 Å². The topological polar surface area (TPSA) is 41.4 Å². The molecule has 1 aliphatic rings. The predicted octanol–water partition coefficient (Wildman–Crippen LogP) is 1.93. The van der Waals surface area contributed by atoms with Crippen LogP contribution in [0.3, 0.4) is 0 Å². The minimum absolute atomic E-state index is 0.0104. The summed E-state index contributed by atoms with van der Waals surface area (Å²) in [5.41, 5.74) is 0. The maximum atomic E-state index is 12.5. The number of piperidine rings is 1. The van der Waals surface area contributed by atoms with Crippen molar-refractivity contribution in [2.75, 3.05) is 27.2 Å². The number of carbonyl (C=O) groups excluding carboxylic acids is 1. The first-order valence-electron chi connectivity index (χ1n) is 7.77. The number of alkyl halides is 3. The van der Waals surface area contributed by atoms with Crippen molar-refractivity contribution in [2.24, 2.45) is 0 Å². The number of rotatable bonds is 5. The van der Waals surface area contributed by atoms with E-state index in [2.05, 4.69) is 9.88 Å². The maximum Gasteiger partial charge on any atom is 0.406 e. The van der Waals surface area contributed by atoms with E-state index >= 15 is 0 Å². The highest BCUT2D eigenvalue weighted by molar-refractivity contribution is 5.76. The summed E-state index contributed by atoms with van der Waals surface area (Å²) in [5.74, 6) is 0.294.